The normalized spacial score (nSPS) is 12.5. The van der Waals surface area contributed by atoms with Crippen LogP contribution < -0.4 is 5.73 Å². The number of rotatable bonds is 5. The zero-order chi connectivity index (χ0) is 16.8. The molecule has 0 bridgehead atoms. The van der Waals surface area contributed by atoms with Gasteiger partial charge in [-0.25, -0.2) is 4.79 Å². The van der Waals surface area contributed by atoms with Gasteiger partial charge in [0.05, 0.1) is 17.6 Å². The quantitative estimate of drug-likeness (QED) is 0.395. The molecule has 0 radical (unpaired) electrons. The summed E-state index contributed by atoms with van der Waals surface area (Å²) >= 11 is 1.49. The predicted octanol–water partition coefficient (Wildman–Crippen LogP) is 3.58. The molecule has 23 heavy (non-hydrogen) atoms. The first kappa shape index (κ1) is 17.0. The lowest BCUT2D eigenvalue weighted by Crippen LogP contribution is -2.13. The average Bonchev–Trinajstić information content (AvgIpc) is 3.01. The molecular formula is C18H20N2O2S. The van der Waals surface area contributed by atoms with Gasteiger partial charge in [-0.1, -0.05) is 30.3 Å². The molecule has 4 nitrogen and oxygen atoms in total. The number of hydrogen-bond donors (Lipinski definition) is 1. The number of thiophene rings is 1. The lowest BCUT2D eigenvalue weighted by molar-refractivity contribution is -0.133. The van der Waals surface area contributed by atoms with Crippen molar-refractivity contribution in [3.63, 3.8) is 0 Å². The summed E-state index contributed by atoms with van der Waals surface area (Å²) in [6, 6.07) is 13.4. The van der Waals surface area contributed by atoms with Crippen LogP contribution in [0.5, 0.6) is 0 Å². The van der Waals surface area contributed by atoms with E-state index in [-0.39, 0.29) is 12.0 Å². The van der Waals surface area contributed by atoms with Crippen molar-refractivity contribution in [2.75, 3.05) is 7.11 Å². The van der Waals surface area contributed by atoms with Crippen molar-refractivity contribution >= 4 is 34.8 Å². The second-order valence-corrected chi connectivity index (χ2v) is 6.34. The van der Waals surface area contributed by atoms with E-state index in [9.17, 15) is 4.79 Å². The highest BCUT2D eigenvalue weighted by Crippen LogP contribution is 2.24. The van der Waals surface area contributed by atoms with Crippen LogP contribution in [0, 0.1) is 0 Å². The third-order valence-electron chi connectivity index (χ3n) is 3.05. The summed E-state index contributed by atoms with van der Waals surface area (Å²) in [5, 5.41) is 0. The van der Waals surface area contributed by atoms with Crippen LogP contribution in [-0.4, -0.2) is 25.0 Å². The van der Waals surface area contributed by atoms with E-state index in [2.05, 4.69) is 4.99 Å². The van der Waals surface area contributed by atoms with Crippen LogP contribution >= 0.6 is 11.3 Å². The average molecular weight is 328 g/mol. The van der Waals surface area contributed by atoms with Gasteiger partial charge in [0.2, 0.25) is 0 Å². The van der Waals surface area contributed by atoms with E-state index in [1.807, 2.05) is 62.4 Å². The number of hydrogen-bond acceptors (Lipinski definition) is 4. The van der Waals surface area contributed by atoms with Crippen molar-refractivity contribution in [3.8, 4) is 0 Å². The van der Waals surface area contributed by atoms with E-state index in [0.717, 1.165) is 15.3 Å². The number of benzene rings is 1. The van der Waals surface area contributed by atoms with Crippen molar-refractivity contribution in [2.24, 2.45) is 10.7 Å². The maximum absolute atomic E-state index is 12.1. The molecule has 0 aliphatic heterocycles. The minimum Gasteiger partial charge on any atom is -0.465 e. The Balaban J connectivity index is 2.37. The minimum absolute atomic E-state index is 0.144. The second kappa shape index (κ2) is 7.74. The van der Waals surface area contributed by atoms with Gasteiger partial charge in [0.15, 0.2) is 0 Å². The van der Waals surface area contributed by atoms with Gasteiger partial charge in [0.1, 0.15) is 5.84 Å². The fraction of sp³-hybridized carbons (Fsp3) is 0.222. The molecular weight excluding hydrogens is 308 g/mol. The predicted molar refractivity (Wildman–Crippen MR) is 96.5 cm³/mol. The molecule has 0 aliphatic carbocycles. The van der Waals surface area contributed by atoms with Crippen molar-refractivity contribution in [1.29, 1.82) is 0 Å². The second-order valence-electron chi connectivity index (χ2n) is 5.23. The number of carbonyl (C=O) groups is 1. The van der Waals surface area contributed by atoms with Gasteiger partial charge in [-0.2, -0.15) is 0 Å². The van der Waals surface area contributed by atoms with Crippen LogP contribution in [0.1, 0.15) is 29.2 Å². The first-order valence-electron chi connectivity index (χ1n) is 7.30. The molecule has 0 fully saturated rings. The van der Waals surface area contributed by atoms with E-state index < -0.39 is 0 Å². The number of aliphatic imine (C=N–C) groups is 1. The van der Waals surface area contributed by atoms with Gasteiger partial charge in [0, 0.05) is 10.9 Å². The van der Waals surface area contributed by atoms with Gasteiger partial charge < -0.3 is 10.5 Å². The Morgan fingerprint density at radius 1 is 1.22 bits per heavy atom. The van der Waals surface area contributed by atoms with Crippen molar-refractivity contribution in [3.05, 3.63) is 57.8 Å². The lowest BCUT2D eigenvalue weighted by Gasteiger charge is -2.05. The molecule has 0 aliphatic rings. The van der Waals surface area contributed by atoms with Crippen molar-refractivity contribution in [1.82, 2.24) is 0 Å². The fourth-order valence-electron chi connectivity index (χ4n) is 2.04. The smallest absolute Gasteiger partial charge is 0.338 e. The summed E-state index contributed by atoms with van der Waals surface area (Å²) in [4.78, 5) is 18.2. The summed E-state index contributed by atoms with van der Waals surface area (Å²) in [5.74, 6) is 0.152. The Hall–Kier alpha value is -2.40. The number of amidine groups is 1. The van der Waals surface area contributed by atoms with Crippen LogP contribution in [0.15, 0.2) is 47.5 Å². The topological polar surface area (TPSA) is 64.7 Å². The molecule has 0 saturated carbocycles. The molecule has 5 heteroatoms. The summed E-state index contributed by atoms with van der Waals surface area (Å²) in [7, 11) is 1.38. The molecule has 0 spiro atoms. The largest absolute Gasteiger partial charge is 0.465 e. The van der Waals surface area contributed by atoms with Gasteiger partial charge in [-0.3, -0.25) is 4.99 Å². The Kier molecular flexibility index (Phi) is 5.71. The highest BCUT2D eigenvalue weighted by atomic mass is 32.1. The van der Waals surface area contributed by atoms with Crippen molar-refractivity contribution < 1.29 is 9.53 Å². The van der Waals surface area contributed by atoms with E-state index in [1.54, 1.807) is 0 Å². The fourth-order valence-corrected chi connectivity index (χ4v) is 2.90. The molecule has 1 heterocycles. The Morgan fingerprint density at radius 2 is 1.91 bits per heavy atom. The van der Waals surface area contributed by atoms with Crippen LogP contribution in [-0.2, 0) is 9.53 Å². The van der Waals surface area contributed by atoms with E-state index in [4.69, 9.17) is 10.5 Å². The number of nitrogens with two attached hydrogens (primary N) is 1. The zero-order valence-electron chi connectivity index (χ0n) is 13.4. The monoisotopic (exact) mass is 328 g/mol. The molecule has 0 unspecified atom stereocenters. The van der Waals surface area contributed by atoms with Crippen LogP contribution in [0.4, 0.5) is 0 Å². The number of ether oxygens (including phenoxy) is 1. The summed E-state index contributed by atoms with van der Waals surface area (Å²) < 4.78 is 4.89. The maximum atomic E-state index is 12.1. The van der Waals surface area contributed by atoms with Crippen LogP contribution in [0.3, 0.4) is 0 Å². The number of nitrogens with zero attached hydrogens (tertiary/aromatic N) is 1. The van der Waals surface area contributed by atoms with Gasteiger partial charge in [-0.15, -0.1) is 11.3 Å². The number of esters is 1. The van der Waals surface area contributed by atoms with Crippen molar-refractivity contribution in [2.45, 2.75) is 19.9 Å². The molecule has 2 N–H and O–H groups in total. The van der Waals surface area contributed by atoms with E-state index >= 15 is 0 Å². The molecule has 1 aromatic heterocycles. The summed E-state index contributed by atoms with van der Waals surface area (Å²) in [5.41, 5.74) is 7.32. The molecule has 0 amide bonds. The first-order chi connectivity index (χ1) is 11.0. The summed E-state index contributed by atoms with van der Waals surface area (Å²) in [6.45, 7) is 3.96. The van der Waals surface area contributed by atoms with Crippen LogP contribution in [0.2, 0.25) is 0 Å². The molecule has 120 valence electrons. The first-order valence-corrected chi connectivity index (χ1v) is 8.12. The minimum atomic E-state index is -0.366. The molecule has 0 saturated heterocycles. The van der Waals surface area contributed by atoms with Gasteiger partial charge >= 0.3 is 5.97 Å². The van der Waals surface area contributed by atoms with Gasteiger partial charge in [-0.05, 0) is 37.6 Å². The standard InChI is InChI=1S/C18H20N2O2S/c1-12(2)20-17(19)16-10-9-14(23-16)11-15(18(21)22-3)13-7-5-4-6-8-13/h4-12H,1-3H3,(H2,19,20)/b15-11+. The lowest BCUT2D eigenvalue weighted by atomic mass is 10.1. The Labute approximate surface area is 140 Å². The highest BCUT2D eigenvalue weighted by molar-refractivity contribution is 7.15. The maximum Gasteiger partial charge on any atom is 0.338 e. The van der Waals surface area contributed by atoms with Crippen LogP contribution in [0.25, 0.3) is 11.6 Å². The van der Waals surface area contributed by atoms with E-state index in [1.165, 1.54) is 18.4 Å². The number of carbonyl (C=O) groups excluding carboxylic acids is 1. The Bertz CT molecular complexity index is 730. The third-order valence-corrected chi connectivity index (χ3v) is 4.11. The Morgan fingerprint density at radius 3 is 2.52 bits per heavy atom. The SMILES string of the molecule is COC(=O)/C(=C/c1ccc(C(N)=NC(C)C)s1)c1ccccc1. The molecule has 2 aromatic rings. The third kappa shape index (κ3) is 4.53. The molecule has 1 aromatic carbocycles. The van der Waals surface area contributed by atoms with Gasteiger partial charge in [0.25, 0.3) is 0 Å². The molecule has 2 rings (SSSR count). The highest BCUT2D eigenvalue weighted by Gasteiger charge is 2.13. The zero-order valence-corrected chi connectivity index (χ0v) is 14.3. The molecule has 0 atom stereocenters. The summed E-state index contributed by atoms with van der Waals surface area (Å²) in [6.07, 6.45) is 1.82. The number of methoxy groups -OCH3 is 1. The van der Waals surface area contributed by atoms with E-state index in [0.29, 0.717) is 11.4 Å².